The van der Waals surface area contributed by atoms with Crippen LogP contribution < -0.4 is 5.32 Å². The van der Waals surface area contributed by atoms with Crippen molar-refractivity contribution in [1.29, 1.82) is 0 Å². The van der Waals surface area contributed by atoms with Crippen molar-refractivity contribution >= 4 is 11.9 Å². The Labute approximate surface area is 263 Å². The van der Waals surface area contributed by atoms with Crippen LogP contribution in [-0.4, -0.2) is 50.4 Å². The van der Waals surface area contributed by atoms with Gasteiger partial charge in [-0.3, -0.25) is 0 Å². The van der Waals surface area contributed by atoms with E-state index in [9.17, 15) is 9.59 Å². The average molecular weight is 606 g/mol. The van der Waals surface area contributed by atoms with E-state index >= 15 is 0 Å². The largest absolute Gasteiger partial charge is 0.464 e. The Morgan fingerprint density at radius 1 is 0.773 bits per heavy atom. The Balaban J connectivity index is 1.23. The van der Waals surface area contributed by atoms with E-state index < -0.39 is 30.4 Å². The predicted octanol–water partition coefficient (Wildman–Crippen LogP) is 7.65. The van der Waals surface area contributed by atoms with E-state index in [0.29, 0.717) is 5.92 Å². The summed E-state index contributed by atoms with van der Waals surface area (Å²) in [5.41, 5.74) is 5.59. The number of carbonyl (C=O) groups is 2. The molecule has 2 atom stereocenters. The first-order valence-corrected chi connectivity index (χ1v) is 16.6. The van der Waals surface area contributed by atoms with Gasteiger partial charge in [-0.15, -0.1) is 0 Å². The molecule has 0 radical (unpaired) electrons. The molecule has 1 aliphatic heterocycles. The molecule has 1 heterocycles. The van der Waals surface area contributed by atoms with Crippen LogP contribution in [0.15, 0.2) is 60.7 Å². The van der Waals surface area contributed by atoms with E-state index in [1.54, 1.807) is 13.8 Å². The lowest BCUT2D eigenvalue weighted by molar-refractivity contribution is -0.163. The van der Waals surface area contributed by atoms with Gasteiger partial charge in [-0.05, 0) is 87.9 Å². The minimum absolute atomic E-state index is 0.184. The molecule has 44 heavy (non-hydrogen) atoms. The maximum atomic E-state index is 12.4. The van der Waals surface area contributed by atoms with Crippen molar-refractivity contribution in [3.63, 3.8) is 0 Å². The molecule has 1 saturated heterocycles. The zero-order valence-electron chi connectivity index (χ0n) is 26.9. The standard InChI is InChI=1S/C37H51NO6/c1-5-41-35(39)33-34(36(40)42-6-2)44-37(43-33)32-22-20-31(21-23-32)30-18-16-29(17-19-30)28-14-12-27(13-15-28)11-9-7-8-10-24-38-25-26(3)4/h16-23,27-28,33-34,37-38H,3,5-15,24-25H2,1-2,4H3/t27?,28?,33-,34-/m1/s1. The fraction of sp³-hybridized carbons (Fsp3) is 0.568. The Morgan fingerprint density at radius 3 is 1.82 bits per heavy atom. The van der Waals surface area contributed by atoms with E-state index in [1.807, 2.05) is 24.3 Å². The second kappa shape index (κ2) is 17.5. The van der Waals surface area contributed by atoms with Gasteiger partial charge in [0, 0.05) is 12.1 Å². The highest BCUT2D eigenvalue weighted by Crippen LogP contribution is 2.39. The topological polar surface area (TPSA) is 83.1 Å². The molecule has 7 heteroatoms. The number of carbonyl (C=O) groups excluding carboxylic acids is 2. The SMILES string of the molecule is C=C(C)CNCCCCCCC1CCC(c2ccc(-c3ccc(C4O[C@@H](C(=O)OCC)[C@H](C(=O)OCC)O4)cc3)cc2)CC1. The maximum absolute atomic E-state index is 12.4. The normalized spacial score (nSPS) is 22.1. The number of hydrogen-bond donors (Lipinski definition) is 1. The summed E-state index contributed by atoms with van der Waals surface area (Å²) >= 11 is 0. The Kier molecular flexibility index (Phi) is 13.5. The van der Waals surface area contributed by atoms with Gasteiger partial charge in [-0.2, -0.15) is 0 Å². The van der Waals surface area contributed by atoms with E-state index in [2.05, 4.69) is 43.1 Å². The molecule has 7 nitrogen and oxygen atoms in total. The molecule has 4 rings (SSSR count). The van der Waals surface area contributed by atoms with Gasteiger partial charge in [0.05, 0.1) is 13.2 Å². The predicted molar refractivity (Wildman–Crippen MR) is 173 cm³/mol. The van der Waals surface area contributed by atoms with Gasteiger partial charge in [0.25, 0.3) is 0 Å². The van der Waals surface area contributed by atoms with Crippen molar-refractivity contribution in [2.75, 3.05) is 26.3 Å². The minimum Gasteiger partial charge on any atom is -0.464 e. The third-order valence-corrected chi connectivity index (χ3v) is 8.74. The van der Waals surface area contributed by atoms with Gasteiger partial charge < -0.3 is 24.3 Å². The van der Waals surface area contributed by atoms with Crippen LogP contribution >= 0.6 is 0 Å². The quantitative estimate of drug-likeness (QED) is 0.120. The van der Waals surface area contributed by atoms with Gasteiger partial charge in [-0.25, -0.2) is 9.59 Å². The highest BCUT2D eigenvalue weighted by molar-refractivity contribution is 5.86. The monoisotopic (exact) mass is 605 g/mol. The number of benzene rings is 2. The third kappa shape index (κ3) is 9.75. The second-order valence-electron chi connectivity index (χ2n) is 12.2. The van der Waals surface area contributed by atoms with Crippen molar-refractivity contribution in [3.05, 3.63) is 71.8 Å². The summed E-state index contributed by atoms with van der Waals surface area (Å²) < 4.78 is 21.8. The molecule has 240 valence electrons. The van der Waals surface area contributed by atoms with Crippen molar-refractivity contribution in [2.45, 2.75) is 103 Å². The van der Waals surface area contributed by atoms with Gasteiger partial charge in [-0.1, -0.05) is 86.4 Å². The molecule has 0 bridgehead atoms. The van der Waals surface area contributed by atoms with Crippen LogP contribution in [0.2, 0.25) is 0 Å². The summed E-state index contributed by atoms with van der Waals surface area (Å²) in [5, 5.41) is 3.45. The Bertz CT molecular complexity index is 1160. The van der Waals surface area contributed by atoms with Crippen LogP contribution in [0.5, 0.6) is 0 Å². The lowest BCUT2D eigenvalue weighted by Gasteiger charge is -2.29. The molecule has 2 fully saturated rings. The molecule has 0 spiro atoms. The Morgan fingerprint density at radius 2 is 1.30 bits per heavy atom. The van der Waals surface area contributed by atoms with Crippen molar-refractivity contribution in [1.82, 2.24) is 5.32 Å². The number of ether oxygens (including phenoxy) is 4. The molecule has 2 aromatic rings. The van der Waals surface area contributed by atoms with Crippen LogP contribution in [0, 0.1) is 5.92 Å². The molecule has 2 aromatic carbocycles. The van der Waals surface area contributed by atoms with E-state index in [0.717, 1.165) is 35.7 Å². The first kappa shape index (κ1) is 33.9. The molecule has 0 unspecified atom stereocenters. The van der Waals surface area contributed by atoms with Crippen LogP contribution in [0.1, 0.15) is 102 Å². The van der Waals surface area contributed by atoms with Crippen LogP contribution in [0.4, 0.5) is 0 Å². The van der Waals surface area contributed by atoms with E-state index in [1.165, 1.54) is 68.9 Å². The zero-order valence-corrected chi connectivity index (χ0v) is 26.9. The van der Waals surface area contributed by atoms with Crippen LogP contribution in [0.3, 0.4) is 0 Å². The second-order valence-corrected chi connectivity index (χ2v) is 12.2. The molecule has 1 saturated carbocycles. The van der Waals surface area contributed by atoms with Crippen molar-refractivity contribution < 1.29 is 28.5 Å². The molecule has 0 aromatic heterocycles. The number of hydrogen-bond acceptors (Lipinski definition) is 7. The van der Waals surface area contributed by atoms with Gasteiger partial charge in [0.15, 0.2) is 18.5 Å². The van der Waals surface area contributed by atoms with E-state index in [-0.39, 0.29) is 13.2 Å². The van der Waals surface area contributed by atoms with Crippen molar-refractivity contribution in [3.8, 4) is 11.1 Å². The van der Waals surface area contributed by atoms with Gasteiger partial charge in [0.2, 0.25) is 0 Å². The van der Waals surface area contributed by atoms with Gasteiger partial charge >= 0.3 is 11.9 Å². The molecule has 0 amide bonds. The molecular weight excluding hydrogens is 554 g/mol. The molecular formula is C37H51NO6. The molecule has 1 aliphatic carbocycles. The number of unbranched alkanes of at least 4 members (excludes halogenated alkanes) is 3. The summed E-state index contributed by atoms with van der Waals surface area (Å²) in [5.74, 6) is 0.275. The fourth-order valence-corrected chi connectivity index (χ4v) is 6.31. The number of esters is 2. The fourth-order valence-electron chi connectivity index (χ4n) is 6.31. The molecule has 1 N–H and O–H groups in total. The summed E-state index contributed by atoms with van der Waals surface area (Å²) in [6.45, 7) is 11.8. The zero-order chi connectivity index (χ0) is 31.3. The average Bonchev–Trinajstić information content (AvgIpc) is 3.49. The summed E-state index contributed by atoms with van der Waals surface area (Å²) in [6.07, 6.45) is 8.73. The summed E-state index contributed by atoms with van der Waals surface area (Å²) in [7, 11) is 0. The van der Waals surface area contributed by atoms with Crippen LogP contribution in [0.25, 0.3) is 11.1 Å². The summed E-state index contributed by atoms with van der Waals surface area (Å²) in [6, 6.07) is 16.8. The number of nitrogens with one attached hydrogen (secondary N) is 1. The van der Waals surface area contributed by atoms with Crippen LogP contribution in [-0.2, 0) is 28.5 Å². The lowest BCUT2D eigenvalue weighted by Crippen LogP contribution is -2.39. The van der Waals surface area contributed by atoms with E-state index in [4.69, 9.17) is 18.9 Å². The lowest BCUT2D eigenvalue weighted by atomic mass is 9.77. The van der Waals surface area contributed by atoms with Gasteiger partial charge in [0.1, 0.15) is 0 Å². The smallest absolute Gasteiger partial charge is 0.338 e. The Hall–Kier alpha value is -3.00. The highest BCUT2D eigenvalue weighted by atomic mass is 16.8. The van der Waals surface area contributed by atoms with Crippen molar-refractivity contribution in [2.24, 2.45) is 5.92 Å². The summed E-state index contributed by atoms with van der Waals surface area (Å²) in [4.78, 5) is 24.8. The third-order valence-electron chi connectivity index (χ3n) is 8.74. The highest BCUT2D eigenvalue weighted by Gasteiger charge is 2.47. The first-order valence-electron chi connectivity index (χ1n) is 16.6. The maximum Gasteiger partial charge on any atom is 0.338 e. The first-order chi connectivity index (χ1) is 21.4. The number of rotatable bonds is 16. The minimum atomic E-state index is -1.16. The molecule has 2 aliphatic rings.